The van der Waals surface area contributed by atoms with E-state index in [0.717, 1.165) is 16.3 Å². The fraction of sp³-hybridized carbons (Fsp3) is 0.174. The van der Waals surface area contributed by atoms with Gasteiger partial charge in [-0.25, -0.2) is 0 Å². The number of carbonyl (C=O) groups excluding carboxylic acids is 2. The van der Waals surface area contributed by atoms with E-state index in [0.29, 0.717) is 11.3 Å². The van der Waals surface area contributed by atoms with Gasteiger partial charge in [-0.05, 0) is 59.7 Å². The fourth-order valence-electron chi connectivity index (χ4n) is 3.12. The van der Waals surface area contributed by atoms with Gasteiger partial charge in [0.15, 0.2) is 10.9 Å². The van der Waals surface area contributed by atoms with Crippen LogP contribution in [0.3, 0.4) is 0 Å². The molecular weight excluding hydrogens is 489 g/mol. The lowest BCUT2D eigenvalue weighted by molar-refractivity contribution is -0.121. The Labute approximate surface area is 206 Å². The maximum Gasteiger partial charge on any atom is 0.228 e. The Balaban J connectivity index is 1.66. The summed E-state index contributed by atoms with van der Waals surface area (Å²) in [6.45, 7) is 1.49. The van der Waals surface area contributed by atoms with Gasteiger partial charge in [-0.2, -0.15) is 0 Å². The second-order valence-electron chi connectivity index (χ2n) is 7.09. The topological polar surface area (TPSA) is 70.2 Å². The van der Waals surface area contributed by atoms with Crippen molar-refractivity contribution in [3.05, 3.63) is 77.9 Å². The van der Waals surface area contributed by atoms with Crippen LogP contribution in [0.15, 0.2) is 66.7 Å². The van der Waals surface area contributed by atoms with Crippen LogP contribution in [-0.2, 0) is 11.2 Å². The molecule has 0 aliphatic heterocycles. The highest BCUT2D eigenvalue weighted by atomic mass is 35.6. The Morgan fingerprint density at radius 3 is 2.25 bits per heavy atom. The number of hydrogen-bond donors (Lipinski definition) is 3. The van der Waals surface area contributed by atoms with Gasteiger partial charge in [0.05, 0.1) is 6.42 Å². The average molecular weight is 509 g/mol. The van der Waals surface area contributed by atoms with E-state index in [1.54, 1.807) is 24.3 Å². The molecule has 0 aromatic heterocycles. The first-order chi connectivity index (χ1) is 15.1. The predicted octanol–water partition coefficient (Wildman–Crippen LogP) is 5.38. The number of anilines is 1. The Bertz CT molecular complexity index is 1140. The van der Waals surface area contributed by atoms with Crippen LogP contribution in [0.2, 0.25) is 0 Å². The summed E-state index contributed by atoms with van der Waals surface area (Å²) in [5.41, 5.74) is 2.07. The van der Waals surface area contributed by atoms with Gasteiger partial charge < -0.3 is 16.0 Å². The van der Waals surface area contributed by atoms with Crippen LogP contribution in [0, 0.1) is 0 Å². The van der Waals surface area contributed by atoms with E-state index in [4.69, 9.17) is 47.0 Å². The second-order valence-corrected chi connectivity index (χ2v) is 9.87. The van der Waals surface area contributed by atoms with Gasteiger partial charge in [-0.15, -0.1) is 0 Å². The third kappa shape index (κ3) is 6.56. The van der Waals surface area contributed by atoms with Crippen LogP contribution in [0.25, 0.3) is 10.8 Å². The van der Waals surface area contributed by atoms with Crippen molar-refractivity contribution in [1.29, 1.82) is 0 Å². The highest BCUT2D eigenvalue weighted by molar-refractivity contribution is 7.80. The zero-order valence-electron chi connectivity index (χ0n) is 17.0. The van der Waals surface area contributed by atoms with Crippen LogP contribution >= 0.6 is 47.0 Å². The Morgan fingerprint density at radius 2 is 1.59 bits per heavy atom. The van der Waals surface area contributed by atoms with Crippen molar-refractivity contribution >= 4 is 80.3 Å². The van der Waals surface area contributed by atoms with Crippen molar-refractivity contribution < 1.29 is 9.59 Å². The summed E-state index contributed by atoms with van der Waals surface area (Å²) in [5.74, 6) is -0.374. The van der Waals surface area contributed by atoms with E-state index < -0.39 is 9.96 Å². The number of halogens is 3. The molecule has 3 rings (SSSR count). The van der Waals surface area contributed by atoms with E-state index in [1.165, 1.54) is 6.92 Å². The van der Waals surface area contributed by atoms with Crippen LogP contribution in [0.5, 0.6) is 0 Å². The number of benzene rings is 3. The van der Waals surface area contributed by atoms with E-state index >= 15 is 0 Å². The summed E-state index contributed by atoms with van der Waals surface area (Å²) in [7, 11) is 0. The van der Waals surface area contributed by atoms with Crippen LogP contribution in [-0.4, -0.2) is 26.8 Å². The molecule has 0 bridgehead atoms. The third-order valence-corrected chi connectivity index (χ3v) is 5.56. The summed E-state index contributed by atoms with van der Waals surface area (Å²) in [6.07, 6.45) is -0.973. The number of nitrogens with one attached hydrogen (secondary N) is 3. The zero-order chi connectivity index (χ0) is 23.3. The molecule has 5 nitrogen and oxygen atoms in total. The van der Waals surface area contributed by atoms with Crippen LogP contribution in [0.1, 0.15) is 22.8 Å². The number of thiocarbonyl (C=S) groups is 1. The lowest BCUT2D eigenvalue weighted by Crippen LogP contribution is -2.56. The number of carbonyl (C=O) groups is 2. The van der Waals surface area contributed by atoms with Crippen molar-refractivity contribution in [3.63, 3.8) is 0 Å². The molecule has 0 spiro atoms. The number of fused-ring (bicyclic) bond motifs is 1. The van der Waals surface area contributed by atoms with Crippen molar-refractivity contribution in [2.45, 2.75) is 23.3 Å². The second kappa shape index (κ2) is 10.5. The maximum absolute atomic E-state index is 12.7. The molecule has 0 unspecified atom stereocenters. The van der Waals surface area contributed by atoms with Gasteiger partial charge in [-0.1, -0.05) is 77.3 Å². The van der Waals surface area contributed by atoms with Crippen molar-refractivity contribution in [1.82, 2.24) is 10.6 Å². The van der Waals surface area contributed by atoms with E-state index in [9.17, 15) is 9.59 Å². The molecule has 0 aliphatic rings. The third-order valence-electron chi connectivity index (χ3n) is 4.69. The molecule has 9 heteroatoms. The van der Waals surface area contributed by atoms with E-state index in [2.05, 4.69) is 16.0 Å². The normalized spacial score (nSPS) is 12.1. The molecule has 0 aliphatic carbocycles. The molecule has 0 saturated heterocycles. The Hall–Kier alpha value is -2.38. The molecule has 0 radical (unpaired) electrons. The maximum atomic E-state index is 12.7. The number of ketones is 1. The first-order valence-corrected chi connectivity index (χ1v) is 11.2. The highest BCUT2D eigenvalue weighted by Crippen LogP contribution is 2.29. The Morgan fingerprint density at radius 1 is 0.938 bits per heavy atom. The summed E-state index contributed by atoms with van der Waals surface area (Å²) in [6, 6.07) is 20.3. The number of alkyl halides is 3. The SMILES string of the molecule is CC(=O)c1ccc(NC(=S)N[C@@H](NC(=O)Cc2cccc3ccccc23)C(Cl)(Cl)Cl)cc1. The molecule has 1 atom stereocenters. The first-order valence-electron chi connectivity index (χ1n) is 9.65. The molecule has 0 heterocycles. The monoisotopic (exact) mass is 507 g/mol. The highest BCUT2D eigenvalue weighted by Gasteiger charge is 2.34. The molecule has 3 aromatic rings. The number of Topliss-reactive ketones (excluding diaryl/α,β-unsaturated/α-hetero) is 1. The minimum Gasteiger partial charge on any atom is -0.339 e. The Kier molecular flexibility index (Phi) is 7.96. The number of rotatable bonds is 6. The number of amides is 1. The molecular formula is C23H20Cl3N3O2S. The van der Waals surface area contributed by atoms with Crippen molar-refractivity contribution in [2.24, 2.45) is 0 Å². The van der Waals surface area contributed by atoms with Gasteiger partial charge in [0.1, 0.15) is 6.17 Å². The largest absolute Gasteiger partial charge is 0.339 e. The lowest BCUT2D eigenvalue weighted by Gasteiger charge is -2.28. The van der Waals surface area contributed by atoms with Crippen LogP contribution < -0.4 is 16.0 Å². The number of hydrogen-bond acceptors (Lipinski definition) is 3. The van der Waals surface area contributed by atoms with Gasteiger partial charge in [0.2, 0.25) is 9.70 Å². The molecule has 3 N–H and O–H groups in total. The van der Waals surface area contributed by atoms with Crippen molar-refractivity contribution in [3.8, 4) is 0 Å². The predicted molar refractivity (Wildman–Crippen MR) is 136 cm³/mol. The zero-order valence-corrected chi connectivity index (χ0v) is 20.1. The fourth-order valence-corrected chi connectivity index (χ4v) is 3.68. The molecule has 0 saturated carbocycles. The molecule has 1 amide bonds. The van der Waals surface area contributed by atoms with Crippen molar-refractivity contribution in [2.75, 3.05) is 5.32 Å². The minimum atomic E-state index is -1.86. The standard InChI is InChI=1S/C23H20Cl3N3O2S/c1-14(30)15-9-11-18(12-10-15)27-22(32)29-21(23(24,25)26)28-20(31)13-17-7-4-6-16-5-2-3-8-19(16)17/h2-12,21H,13H2,1H3,(H,28,31)(H2,27,29,32)/t21-/m1/s1. The van der Waals surface area contributed by atoms with E-state index in [-0.39, 0.29) is 23.2 Å². The summed E-state index contributed by atoms with van der Waals surface area (Å²) >= 11 is 23.5. The quantitative estimate of drug-likeness (QED) is 0.180. The van der Waals surface area contributed by atoms with Gasteiger partial charge in [-0.3, -0.25) is 9.59 Å². The molecule has 0 fully saturated rings. The van der Waals surface area contributed by atoms with Gasteiger partial charge in [0, 0.05) is 11.3 Å². The lowest BCUT2D eigenvalue weighted by atomic mass is 10.0. The summed E-state index contributed by atoms with van der Waals surface area (Å²) in [5, 5.41) is 10.6. The minimum absolute atomic E-state index is 0.0394. The van der Waals surface area contributed by atoms with Gasteiger partial charge in [0.25, 0.3) is 0 Å². The molecule has 32 heavy (non-hydrogen) atoms. The summed E-state index contributed by atoms with van der Waals surface area (Å²) in [4.78, 5) is 24.1. The molecule has 3 aromatic carbocycles. The average Bonchev–Trinajstić information content (AvgIpc) is 2.73. The smallest absolute Gasteiger partial charge is 0.228 e. The van der Waals surface area contributed by atoms with E-state index in [1.807, 2.05) is 42.5 Å². The van der Waals surface area contributed by atoms with Gasteiger partial charge >= 0.3 is 0 Å². The molecule has 166 valence electrons. The van der Waals surface area contributed by atoms with Crippen LogP contribution in [0.4, 0.5) is 5.69 Å². The first kappa shape index (κ1) is 24.3. The summed E-state index contributed by atoms with van der Waals surface area (Å²) < 4.78 is -1.86.